The number of benzene rings is 1. The minimum Gasteiger partial charge on any atom is -0.287 e. The van der Waals surface area contributed by atoms with E-state index in [0.717, 1.165) is 11.1 Å². The van der Waals surface area contributed by atoms with E-state index in [0.29, 0.717) is 22.1 Å². The first-order chi connectivity index (χ1) is 7.66. The number of rotatable bonds is 0. The molecule has 3 nitrogen and oxygen atoms in total. The Morgan fingerprint density at radius 1 is 1.19 bits per heavy atom. The van der Waals surface area contributed by atoms with Crippen molar-refractivity contribution in [1.82, 2.24) is 9.97 Å². The Labute approximate surface area is 97.1 Å². The standard InChI is InChI=1S/C12H7ClN2O/c1-6-14-5-10-8-3-2-7(13)4-9(8)12(16)11(10)15-6/h2-5H,1H3. The molecule has 0 aliphatic heterocycles. The summed E-state index contributed by atoms with van der Waals surface area (Å²) in [6.45, 7) is 1.77. The number of hydrogen-bond acceptors (Lipinski definition) is 3. The van der Waals surface area contributed by atoms with Crippen LogP contribution in [0.2, 0.25) is 5.02 Å². The molecule has 0 fully saturated rings. The molecule has 1 aliphatic carbocycles. The largest absolute Gasteiger partial charge is 0.287 e. The van der Waals surface area contributed by atoms with Crippen LogP contribution in [0, 0.1) is 6.92 Å². The van der Waals surface area contributed by atoms with Gasteiger partial charge in [-0.25, -0.2) is 9.97 Å². The highest BCUT2D eigenvalue weighted by Gasteiger charge is 2.28. The van der Waals surface area contributed by atoms with Crippen LogP contribution in [0.15, 0.2) is 24.4 Å². The summed E-state index contributed by atoms with van der Waals surface area (Å²) in [7, 11) is 0. The SMILES string of the molecule is Cc1ncc2c(n1)C(=O)c1cc(Cl)ccc1-2. The molecule has 0 saturated carbocycles. The number of aryl methyl sites for hydroxylation is 1. The first-order valence-corrected chi connectivity index (χ1v) is 5.23. The van der Waals surface area contributed by atoms with E-state index in [-0.39, 0.29) is 5.78 Å². The second-order valence-electron chi connectivity index (χ2n) is 3.70. The van der Waals surface area contributed by atoms with Gasteiger partial charge in [-0.15, -0.1) is 0 Å². The summed E-state index contributed by atoms with van der Waals surface area (Å²) in [5.74, 6) is 0.531. The first kappa shape index (κ1) is 9.48. The Morgan fingerprint density at radius 2 is 2.00 bits per heavy atom. The van der Waals surface area contributed by atoms with Gasteiger partial charge in [0.05, 0.1) is 0 Å². The Hall–Kier alpha value is -1.74. The predicted octanol–water partition coefficient (Wildman–Crippen LogP) is 2.65. The van der Waals surface area contributed by atoms with Crippen molar-refractivity contribution >= 4 is 17.4 Å². The van der Waals surface area contributed by atoms with Crippen LogP contribution in [-0.4, -0.2) is 15.8 Å². The van der Waals surface area contributed by atoms with Crippen LogP contribution in [0.5, 0.6) is 0 Å². The van der Waals surface area contributed by atoms with E-state index in [2.05, 4.69) is 9.97 Å². The number of halogens is 1. The van der Waals surface area contributed by atoms with Crippen molar-refractivity contribution < 1.29 is 4.79 Å². The van der Waals surface area contributed by atoms with E-state index < -0.39 is 0 Å². The highest BCUT2D eigenvalue weighted by molar-refractivity contribution is 6.32. The van der Waals surface area contributed by atoms with E-state index in [9.17, 15) is 4.79 Å². The van der Waals surface area contributed by atoms with Crippen molar-refractivity contribution in [2.75, 3.05) is 0 Å². The number of hydrogen-bond donors (Lipinski definition) is 0. The molecule has 0 N–H and O–H groups in total. The summed E-state index contributed by atoms with van der Waals surface area (Å²) in [4.78, 5) is 20.3. The Kier molecular flexibility index (Phi) is 1.85. The van der Waals surface area contributed by atoms with E-state index in [4.69, 9.17) is 11.6 Å². The molecule has 3 rings (SSSR count). The van der Waals surface area contributed by atoms with E-state index >= 15 is 0 Å². The Morgan fingerprint density at radius 3 is 2.81 bits per heavy atom. The highest BCUT2D eigenvalue weighted by atomic mass is 35.5. The van der Waals surface area contributed by atoms with Gasteiger partial charge < -0.3 is 0 Å². The monoisotopic (exact) mass is 230 g/mol. The number of fused-ring (bicyclic) bond motifs is 3. The zero-order valence-corrected chi connectivity index (χ0v) is 9.25. The summed E-state index contributed by atoms with van der Waals surface area (Å²) in [5, 5.41) is 0.560. The molecular weight excluding hydrogens is 224 g/mol. The van der Waals surface area contributed by atoms with Crippen LogP contribution in [0.3, 0.4) is 0 Å². The maximum Gasteiger partial charge on any atom is 0.212 e. The average Bonchev–Trinajstić information content (AvgIpc) is 2.53. The topological polar surface area (TPSA) is 42.9 Å². The van der Waals surface area contributed by atoms with E-state index in [1.807, 2.05) is 6.07 Å². The third kappa shape index (κ3) is 1.18. The average molecular weight is 231 g/mol. The number of aromatic nitrogens is 2. The summed E-state index contributed by atoms with van der Waals surface area (Å²) in [6, 6.07) is 5.28. The molecule has 78 valence electrons. The van der Waals surface area contributed by atoms with Crippen molar-refractivity contribution in [3.8, 4) is 11.1 Å². The second-order valence-corrected chi connectivity index (χ2v) is 4.13. The fourth-order valence-electron chi connectivity index (χ4n) is 1.91. The van der Waals surface area contributed by atoms with Crippen LogP contribution in [0.1, 0.15) is 21.9 Å². The highest BCUT2D eigenvalue weighted by Crippen LogP contribution is 2.36. The molecule has 0 saturated heterocycles. The zero-order chi connectivity index (χ0) is 11.3. The molecule has 0 amide bonds. The van der Waals surface area contributed by atoms with Gasteiger partial charge in [0.15, 0.2) is 0 Å². The van der Waals surface area contributed by atoms with Crippen LogP contribution >= 0.6 is 11.6 Å². The van der Waals surface area contributed by atoms with Gasteiger partial charge in [0, 0.05) is 22.3 Å². The van der Waals surface area contributed by atoms with Gasteiger partial charge in [0.2, 0.25) is 5.78 Å². The van der Waals surface area contributed by atoms with E-state index in [1.54, 1.807) is 25.3 Å². The fraction of sp³-hybridized carbons (Fsp3) is 0.0833. The normalized spacial score (nSPS) is 12.5. The first-order valence-electron chi connectivity index (χ1n) is 4.85. The number of ketones is 1. The number of carbonyl (C=O) groups excluding carboxylic acids is 1. The summed E-state index contributed by atoms with van der Waals surface area (Å²) in [6.07, 6.45) is 1.69. The molecule has 16 heavy (non-hydrogen) atoms. The minimum atomic E-state index is -0.0713. The number of carbonyl (C=O) groups is 1. The predicted molar refractivity (Wildman–Crippen MR) is 60.6 cm³/mol. The maximum absolute atomic E-state index is 12.0. The Balaban J connectivity index is 2.34. The summed E-state index contributed by atoms with van der Waals surface area (Å²) in [5.41, 5.74) is 2.75. The lowest BCUT2D eigenvalue weighted by Crippen LogP contribution is -2.00. The lowest BCUT2D eigenvalue weighted by Gasteiger charge is -1.98. The molecular formula is C12H7ClN2O. The molecule has 2 aromatic rings. The molecule has 4 heteroatoms. The number of nitrogens with zero attached hydrogens (tertiary/aromatic N) is 2. The second kappa shape index (κ2) is 3.12. The van der Waals surface area contributed by atoms with Gasteiger partial charge in [-0.05, 0) is 24.6 Å². The van der Waals surface area contributed by atoms with Crippen molar-refractivity contribution in [1.29, 1.82) is 0 Å². The zero-order valence-electron chi connectivity index (χ0n) is 8.49. The molecule has 0 radical (unpaired) electrons. The van der Waals surface area contributed by atoms with Gasteiger partial charge in [-0.3, -0.25) is 4.79 Å². The van der Waals surface area contributed by atoms with Crippen LogP contribution < -0.4 is 0 Å². The van der Waals surface area contributed by atoms with Crippen molar-refractivity contribution in [2.45, 2.75) is 6.92 Å². The molecule has 1 aromatic carbocycles. The van der Waals surface area contributed by atoms with E-state index in [1.165, 1.54) is 0 Å². The van der Waals surface area contributed by atoms with Gasteiger partial charge in [-0.1, -0.05) is 17.7 Å². The summed E-state index contributed by atoms with van der Waals surface area (Å²) >= 11 is 5.87. The molecule has 0 atom stereocenters. The molecule has 1 heterocycles. The molecule has 0 unspecified atom stereocenters. The Bertz CT molecular complexity index is 569. The minimum absolute atomic E-state index is 0.0713. The molecule has 0 spiro atoms. The van der Waals surface area contributed by atoms with Gasteiger partial charge in [0.25, 0.3) is 0 Å². The quantitative estimate of drug-likeness (QED) is 0.596. The molecule has 1 aromatic heterocycles. The van der Waals surface area contributed by atoms with Crippen molar-refractivity contribution in [3.05, 3.63) is 46.5 Å². The van der Waals surface area contributed by atoms with Crippen LogP contribution in [0.25, 0.3) is 11.1 Å². The van der Waals surface area contributed by atoms with Crippen molar-refractivity contribution in [3.63, 3.8) is 0 Å². The summed E-state index contributed by atoms with van der Waals surface area (Å²) < 4.78 is 0. The van der Waals surface area contributed by atoms with Gasteiger partial charge >= 0.3 is 0 Å². The third-order valence-electron chi connectivity index (χ3n) is 2.64. The molecule has 1 aliphatic rings. The van der Waals surface area contributed by atoms with Gasteiger partial charge in [-0.2, -0.15) is 0 Å². The lowest BCUT2D eigenvalue weighted by atomic mass is 10.1. The van der Waals surface area contributed by atoms with Gasteiger partial charge in [0.1, 0.15) is 11.5 Å². The van der Waals surface area contributed by atoms with Crippen molar-refractivity contribution in [2.24, 2.45) is 0 Å². The fourth-order valence-corrected chi connectivity index (χ4v) is 2.08. The van der Waals surface area contributed by atoms with Crippen LogP contribution in [-0.2, 0) is 0 Å². The smallest absolute Gasteiger partial charge is 0.212 e. The lowest BCUT2D eigenvalue weighted by molar-refractivity contribution is 0.103. The maximum atomic E-state index is 12.0. The molecule has 0 bridgehead atoms. The van der Waals surface area contributed by atoms with Crippen LogP contribution in [0.4, 0.5) is 0 Å². The third-order valence-corrected chi connectivity index (χ3v) is 2.88.